The van der Waals surface area contributed by atoms with Gasteiger partial charge in [0, 0.05) is 6.42 Å². The van der Waals surface area contributed by atoms with Crippen LogP contribution in [0, 0.1) is 0 Å². The maximum absolute atomic E-state index is 12.6. The lowest BCUT2D eigenvalue weighted by molar-refractivity contribution is -0.140. The Labute approximate surface area is 77.2 Å². The molecule has 0 saturated carbocycles. The highest BCUT2D eigenvalue weighted by Gasteiger charge is 2.03. The predicted octanol–water partition coefficient (Wildman–Crippen LogP) is 1.57. The lowest BCUT2D eigenvalue weighted by Gasteiger charge is -2.01. The van der Waals surface area contributed by atoms with Crippen LogP contribution in [0.2, 0.25) is 0 Å². The number of carbonyl (C=O) groups excluding carboxylic acids is 1. The van der Waals surface area contributed by atoms with Gasteiger partial charge >= 0.3 is 5.97 Å². The number of rotatable bonds is 5. The maximum atomic E-state index is 12.6. The van der Waals surface area contributed by atoms with Crippen LogP contribution in [0.5, 0.6) is 0 Å². The second-order valence-corrected chi connectivity index (χ2v) is 2.77. The minimum atomic E-state index is -0.565. The molecule has 0 radical (unpaired) electrons. The van der Waals surface area contributed by atoms with Crippen LogP contribution < -0.4 is 0 Å². The summed E-state index contributed by atoms with van der Waals surface area (Å²) < 4.78 is 17.1. The van der Waals surface area contributed by atoms with E-state index in [9.17, 15) is 9.18 Å². The van der Waals surface area contributed by atoms with Gasteiger partial charge in [0.2, 0.25) is 0 Å². The standard InChI is InChI=1S/C9H15FO3/c1-7(8(10)6-11)4-3-5-9(12)13-2/h11H,3-6H2,1-2H3/b8-7+. The first-order chi connectivity index (χ1) is 6.11. The van der Waals surface area contributed by atoms with Crippen LogP contribution >= 0.6 is 0 Å². The quantitative estimate of drug-likeness (QED) is 0.669. The number of esters is 1. The van der Waals surface area contributed by atoms with Gasteiger partial charge in [-0.25, -0.2) is 4.39 Å². The highest BCUT2D eigenvalue weighted by Crippen LogP contribution is 2.12. The van der Waals surface area contributed by atoms with Crippen molar-refractivity contribution in [3.63, 3.8) is 0 Å². The molecule has 1 N–H and O–H groups in total. The van der Waals surface area contributed by atoms with E-state index in [1.807, 2.05) is 0 Å². The molecule has 0 fully saturated rings. The average molecular weight is 190 g/mol. The Morgan fingerprint density at radius 1 is 1.46 bits per heavy atom. The Morgan fingerprint density at radius 2 is 2.08 bits per heavy atom. The Morgan fingerprint density at radius 3 is 2.54 bits per heavy atom. The normalized spacial score (nSPS) is 12.3. The molecule has 0 aromatic carbocycles. The third-order valence-corrected chi connectivity index (χ3v) is 1.76. The van der Waals surface area contributed by atoms with Gasteiger partial charge in [0.15, 0.2) is 0 Å². The lowest BCUT2D eigenvalue weighted by atomic mass is 10.1. The molecule has 76 valence electrons. The Kier molecular flexibility index (Phi) is 6.14. The van der Waals surface area contributed by atoms with Crippen molar-refractivity contribution in [3.05, 3.63) is 11.4 Å². The molecule has 0 aliphatic carbocycles. The van der Waals surface area contributed by atoms with Gasteiger partial charge in [0.05, 0.1) is 13.7 Å². The molecular formula is C9H15FO3. The first-order valence-corrected chi connectivity index (χ1v) is 4.13. The molecular weight excluding hydrogens is 175 g/mol. The van der Waals surface area contributed by atoms with Gasteiger partial charge in [-0.1, -0.05) is 0 Å². The topological polar surface area (TPSA) is 46.5 Å². The molecule has 0 saturated heterocycles. The number of allylic oxidation sites excluding steroid dienone is 1. The van der Waals surface area contributed by atoms with Gasteiger partial charge in [-0.15, -0.1) is 0 Å². The van der Waals surface area contributed by atoms with Gasteiger partial charge in [-0.05, 0) is 25.3 Å². The summed E-state index contributed by atoms with van der Waals surface area (Å²) in [6.45, 7) is 1.03. The van der Waals surface area contributed by atoms with Crippen molar-refractivity contribution in [1.29, 1.82) is 0 Å². The van der Waals surface area contributed by atoms with E-state index in [0.29, 0.717) is 18.4 Å². The fourth-order valence-corrected chi connectivity index (χ4v) is 0.871. The zero-order valence-electron chi connectivity index (χ0n) is 7.97. The lowest BCUT2D eigenvalue weighted by Crippen LogP contribution is -1.99. The fraction of sp³-hybridized carbons (Fsp3) is 0.667. The maximum Gasteiger partial charge on any atom is 0.305 e. The number of carbonyl (C=O) groups is 1. The highest BCUT2D eigenvalue weighted by molar-refractivity contribution is 5.69. The third-order valence-electron chi connectivity index (χ3n) is 1.76. The van der Waals surface area contributed by atoms with Crippen molar-refractivity contribution in [3.8, 4) is 0 Å². The summed E-state index contributed by atoms with van der Waals surface area (Å²) in [5.41, 5.74) is 0.492. The molecule has 0 heterocycles. The molecule has 4 heteroatoms. The Balaban J connectivity index is 3.71. The minimum Gasteiger partial charge on any atom is -0.469 e. The fourth-order valence-electron chi connectivity index (χ4n) is 0.871. The molecule has 0 spiro atoms. The molecule has 13 heavy (non-hydrogen) atoms. The van der Waals surface area contributed by atoms with Gasteiger partial charge in [0.1, 0.15) is 5.83 Å². The van der Waals surface area contributed by atoms with Crippen LogP contribution in [-0.4, -0.2) is 24.8 Å². The summed E-state index contributed by atoms with van der Waals surface area (Å²) in [5, 5.41) is 8.44. The van der Waals surface area contributed by atoms with E-state index in [1.165, 1.54) is 7.11 Å². The van der Waals surface area contributed by atoms with Crippen LogP contribution in [0.25, 0.3) is 0 Å². The van der Waals surface area contributed by atoms with Crippen LogP contribution in [-0.2, 0) is 9.53 Å². The van der Waals surface area contributed by atoms with Crippen molar-refractivity contribution in [2.24, 2.45) is 0 Å². The summed E-state index contributed by atoms with van der Waals surface area (Å²) in [5.74, 6) is -0.804. The summed E-state index contributed by atoms with van der Waals surface area (Å²) in [4.78, 5) is 10.7. The number of methoxy groups -OCH3 is 1. The van der Waals surface area contributed by atoms with Crippen molar-refractivity contribution in [2.45, 2.75) is 26.2 Å². The van der Waals surface area contributed by atoms with Crippen LogP contribution in [0.1, 0.15) is 26.2 Å². The number of ether oxygens (including phenoxy) is 1. The van der Waals surface area contributed by atoms with E-state index < -0.39 is 12.4 Å². The molecule has 0 aromatic heterocycles. The zero-order valence-corrected chi connectivity index (χ0v) is 7.97. The van der Waals surface area contributed by atoms with E-state index >= 15 is 0 Å². The van der Waals surface area contributed by atoms with E-state index in [4.69, 9.17) is 5.11 Å². The first-order valence-electron chi connectivity index (χ1n) is 4.13. The largest absolute Gasteiger partial charge is 0.469 e. The number of hydrogen-bond acceptors (Lipinski definition) is 3. The summed E-state index contributed by atoms with van der Waals surface area (Å²) in [6, 6.07) is 0. The van der Waals surface area contributed by atoms with Gasteiger partial charge in [0.25, 0.3) is 0 Å². The number of hydrogen-bond donors (Lipinski definition) is 1. The van der Waals surface area contributed by atoms with Crippen LogP contribution in [0.15, 0.2) is 11.4 Å². The predicted molar refractivity (Wildman–Crippen MR) is 46.8 cm³/mol. The molecule has 0 rings (SSSR count). The van der Waals surface area contributed by atoms with E-state index in [-0.39, 0.29) is 12.4 Å². The number of aliphatic hydroxyl groups is 1. The molecule has 0 unspecified atom stereocenters. The second-order valence-electron chi connectivity index (χ2n) is 2.77. The first kappa shape index (κ1) is 12.1. The van der Waals surface area contributed by atoms with E-state index in [1.54, 1.807) is 6.92 Å². The Bertz CT molecular complexity index is 199. The average Bonchev–Trinajstić information content (AvgIpc) is 2.15. The molecule has 0 amide bonds. The number of aliphatic hydroxyl groups excluding tert-OH is 1. The SMILES string of the molecule is COC(=O)CCC/C(C)=C(/F)CO. The third kappa shape index (κ3) is 5.36. The highest BCUT2D eigenvalue weighted by atomic mass is 19.1. The molecule has 0 aromatic rings. The van der Waals surface area contributed by atoms with E-state index in [0.717, 1.165) is 0 Å². The second kappa shape index (κ2) is 6.60. The number of halogens is 1. The summed E-state index contributed by atoms with van der Waals surface area (Å²) >= 11 is 0. The zero-order chi connectivity index (χ0) is 10.3. The van der Waals surface area contributed by atoms with Gasteiger partial charge < -0.3 is 9.84 Å². The van der Waals surface area contributed by atoms with Crippen molar-refractivity contribution < 1.29 is 19.0 Å². The van der Waals surface area contributed by atoms with Gasteiger partial charge in [-0.2, -0.15) is 0 Å². The molecule has 0 bridgehead atoms. The smallest absolute Gasteiger partial charge is 0.305 e. The molecule has 0 atom stereocenters. The molecule has 0 aliphatic rings. The van der Waals surface area contributed by atoms with Gasteiger partial charge in [-0.3, -0.25) is 4.79 Å². The summed E-state index contributed by atoms with van der Waals surface area (Å²) in [6.07, 6.45) is 1.31. The van der Waals surface area contributed by atoms with Crippen molar-refractivity contribution in [1.82, 2.24) is 0 Å². The molecule has 3 nitrogen and oxygen atoms in total. The van der Waals surface area contributed by atoms with Crippen molar-refractivity contribution in [2.75, 3.05) is 13.7 Å². The van der Waals surface area contributed by atoms with E-state index in [2.05, 4.69) is 4.74 Å². The Hall–Kier alpha value is -0.900. The minimum absolute atomic E-state index is 0.284. The van der Waals surface area contributed by atoms with Crippen LogP contribution in [0.3, 0.4) is 0 Å². The van der Waals surface area contributed by atoms with Crippen molar-refractivity contribution >= 4 is 5.97 Å². The molecule has 0 aliphatic heterocycles. The monoisotopic (exact) mass is 190 g/mol. The van der Waals surface area contributed by atoms with Crippen LogP contribution in [0.4, 0.5) is 4.39 Å². The summed E-state index contributed by atoms with van der Waals surface area (Å²) in [7, 11) is 1.32.